The maximum absolute atomic E-state index is 13.1. The van der Waals surface area contributed by atoms with Crippen molar-refractivity contribution in [2.45, 2.75) is 45.4 Å². The van der Waals surface area contributed by atoms with Gasteiger partial charge in [-0.2, -0.15) is 0 Å². The van der Waals surface area contributed by atoms with E-state index in [2.05, 4.69) is 15.1 Å². The molecule has 2 aliphatic heterocycles. The molecule has 0 spiro atoms. The van der Waals surface area contributed by atoms with Gasteiger partial charge in [0.1, 0.15) is 0 Å². The first-order chi connectivity index (χ1) is 16.7. The molecule has 34 heavy (non-hydrogen) atoms. The highest BCUT2D eigenvalue weighted by Crippen LogP contribution is 2.26. The minimum Gasteiger partial charge on any atom is -0.416 e. The van der Waals surface area contributed by atoms with Gasteiger partial charge in [-0.05, 0) is 88.0 Å². The first-order valence-corrected chi connectivity index (χ1v) is 12.7. The minimum atomic E-state index is 0.116. The van der Waals surface area contributed by atoms with Crippen LogP contribution in [-0.4, -0.2) is 58.6 Å². The number of likely N-dealkylation sites (tertiary alicyclic amines) is 2. The Bertz CT molecular complexity index is 1090. The fraction of sp³-hybridized carbons (Fsp3) is 0.464. The number of carbonyl (C=O) groups excluding carboxylic acids is 1. The lowest BCUT2D eigenvalue weighted by molar-refractivity contribution is 0.0668. The molecule has 0 aliphatic carbocycles. The van der Waals surface area contributed by atoms with Gasteiger partial charge in [-0.3, -0.25) is 4.79 Å². The summed E-state index contributed by atoms with van der Waals surface area (Å²) in [6, 6.07) is 15.5. The first-order valence-electron chi connectivity index (χ1n) is 12.7. The number of piperidine rings is 1. The molecule has 6 heteroatoms. The molecule has 3 aromatic rings. The van der Waals surface area contributed by atoms with E-state index in [1.54, 1.807) is 0 Å². The summed E-state index contributed by atoms with van der Waals surface area (Å²) in [6.45, 7) is 7.43. The molecule has 5 rings (SSSR count). The first kappa shape index (κ1) is 22.8. The second-order valence-electron chi connectivity index (χ2n) is 9.81. The van der Waals surface area contributed by atoms with Gasteiger partial charge >= 0.3 is 0 Å². The molecule has 1 aromatic heterocycles. The molecule has 1 amide bonds. The van der Waals surface area contributed by atoms with E-state index >= 15 is 0 Å². The van der Waals surface area contributed by atoms with Crippen molar-refractivity contribution in [2.75, 3.05) is 32.7 Å². The predicted octanol–water partition coefficient (Wildman–Crippen LogP) is 5.44. The molecule has 0 atom stereocenters. The number of nitrogens with zero attached hydrogens (tertiary/aromatic N) is 4. The topological polar surface area (TPSA) is 62.5 Å². The molecule has 0 unspecified atom stereocenters. The van der Waals surface area contributed by atoms with Crippen molar-refractivity contribution in [2.24, 2.45) is 5.92 Å². The van der Waals surface area contributed by atoms with E-state index in [9.17, 15) is 4.79 Å². The maximum atomic E-state index is 13.1. The summed E-state index contributed by atoms with van der Waals surface area (Å²) >= 11 is 0. The van der Waals surface area contributed by atoms with Crippen LogP contribution in [0.25, 0.3) is 22.9 Å². The van der Waals surface area contributed by atoms with Crippen LogP contribution in [-0.2, 0) is 0 Å². The number of hydrogen-bond donors (Lipinski definition) is 0. The van der Waals surface area contributed by atoms with E-state index in [0.717, 1.165) is 42.6 Å². The monoisotopic (exact) mass is 458 g/mol. The second-order valence-corrected chi connectivity index (χ2v) is 9.81. The van der Waals surface area contributed by atoms with Crippen LogP contribution in [0.5, 0.6) is 0 Å². The van der Waals surface area contributed by atoms with E-state index in [4.69, 9.17) is 4.42 Å². The summed E-state index contributed by atoms with van der Waals surface area (Å²) < 4.78 is 5.89. The Hall–Kier alpha value is -2.99. The Kier molecular flexibility index (Phi) is 7.05. The highest BCUT2D eigenvalue weighted by molar-refractivity contribution is 5.94. The van der Waals surface area contributed by atoms with E-state index < -0.39 is 0 Å². The van der Waals surface area contributed by atoms with Crippen LogP contribution in [0.2, 0.25) is 0 Å². The molecule has 0 saturated carbocycles. The van der Waals surface area contributed by atoms with Gasteiger partial charge in [0.25, 0.3) is 5.91 Å². The molecule has 6 nitrogen and oxygen atoms in total. The Morgan fingerprint density at radius 1 is 0.882 bits per heavy atom. The number of aryl methyl sites for hydroxylation is 1. The average molecular weight is 459 g/mol. The molecular formula is C28H34N4O2. The smallest absolute Gasteiger partial charge is 0.253 e. The molecule has 2 saturated heterocycles. The van der Waals surface area contributed by atoms with E-state index in [-0.39, 0.29) is 5.91 Å². The molecule has 2 fully saturated rings. The molecule has 3 heterocycles. The third kappa shape index (κ3) is 5.39. The molecular weight excluding hydrogens is 424 g/mol. The van der Waals surface area contributed by atoms with Crippen molar-refractivity contribution in [3.8, 4) is 22.9 Å². The van der Waals surface area contributed by atoms with E-state index in [0.29, 0.717) is 23.3 Å². The largest absolute Gasteiger partial charge is 0.416 e. The molecule has 0 bridgehead atoms. The van der Waals surface area contributed by atoms with E-state index in [1.807, 2.05) is 60.4 Å². The number of hydrogen-bond acceptors (Lipinski definition) is 5. The Morgan fingerprint density at radius 3 is 2.24 bits per heavy atom. The molecule has 0 N–H and O–H groups in total. The van der Waals surface area contributed by atoms with Gasteiger partial charge in [0, 0.05) is 36.3 Å². The highest BCUT2D eigenvalue weighted by atomic mass is 16.4. The van der Waals surface area contributed by atoms with Crippen LogP contribution in [0.3, 0.4) is 0 Å². The Morgan fingerprint density at radius 2 is 1.56 bits per heavy atom. The molecule has 2 aromatic carbocycles. The van der Waals surface area contributed by atoms with Crippen molar-refractivity contribution < 1.29 is 9.21 Å². The lowest BCUT2D eigenvalue weighted by Gasteiger charge is -2.34. The van der Waals surface area contributed by atoms with Crippen LogP contribution in [0.15, 0.2) is 52.9 Å². The zero-order valence-electron chi connectivity index (χ0n) is 20.1. The van der Waals surface area contributed by atoms with Crippen molar-refractivity contribution in [1.82, 2.24) is 20.0 Å². The summed E-state index contributed by atoms with van der Waals surface area (Å²) in [5.74, 6) is 1.79. The zero-order chi connectivity index (χ0) is 23.3. The molecule has 0 radical (unpaired) electrons. The van der Waals surface area contributed by atoms with Gasteiger partial charge in [-0.15, -0.1) is 10.2 Å². The van der Waals surface area contributed by atoms with Crippen molar-refractivity contribution >= 4 is 5.91 Å². The predicted molar refractivity (Wildman–Crippen MR) is 133 cm³/mol. The van der Waals surface area contributed by atoms with Gasteiger partial charge in [0.05, 0.1) is 0 Å². The lowest BCUT2D eigenvalue weighted by Crippen LogP contribution is -2.41. The number of rotatable bonds is 5. The van der Waals surface area contributed by atoms with Crippen molar-refractivity contribution in [3.05, 3.63) is 59.7 Å². The SMILES string of the molecule is Cc1cccc(-c2nnc(-c3ccc(C(=O)N4CCC(CN5CCCCCC5)CC4)cc3)o2)c1. The van der Waals surface area contributed by atoms with Crippen molar-refractivity contribution in [1.29, 1.82) is 0 Å². The molecule has 2 aliphatic rings. The standard InChI is InChI=1S/C28H34N4O2/c1-21-7-6-8-25(19-21)27-30-29-26(34-27)23-9-11-24(12-10-23)28(33)32-17-13-22(14-18-32)20-31-15-4-2-3-5-16-31/h6-12,19,22H,2-5,13-18,20H2,1H3. The normalized spacial score (nSPS) is 18.1. The average Bonchev–Trinajstić information content (AvgIpc) is 3.23. The number of amides is 1. The van der Waals surface area contributed by atoms with Crippen LogP contribution in [0.4, 0.5) is 0 Å². The maximum Gasteiger partial charge on any atom is 0.253 e. The fourth-order valence-electron chi connectivity index (χ4n) is 5.18. The number of benzene rings is 2. The van der Waals surface area contributed by atoms with Gasteiger partial charge < -0.3 is 14.2 Å². The lowest BCUT2D eigenvalue weighted by atomic mass is 9.95. The summed E-state index contributed by atoms with van der Waals surface area (Å²) in [5.41, 5.74) is 3.59. The van der Waals surface area contributed by atoms with Crippen molar-refractivity contribution in [3.63, 3.8) is 0 Å². The summed E-state index contributed by atoms with van der Waals surface area (Å²) in [7, 11) is 0. The number of aromatic nitrogens is 2. The Labute approximate surface area is 202 Å². The highest BCUT2D eigenvalue weighted by Gasteiger charge is 2.25. The third-order valence-corrected chi connectivity index (χ3v) is 7.19. The molecule has 178 valence electrons. The van der Waals surface area contributed by atoms with Gasteiger partial charge in [0.2, 0.25) is 11.8 Å². The zero-order valence-corrected chi connectivity index (χ0v) is 20.1. The summed E-state index contributed by atoms with van der Waals surface area (Å²) in [4.78, 5) is 17.7. The van der Waals surface area contributed by atoms with Crippen LogP contribution >= 0.6 is 0 Å². The van der Waals surface area contributed by atoms with Gasteiger partial charge in [-0.1, -0.05) is 30.5 Å². The van der Waals surface area contributed by atoms with Crippen LogP contribution < -0.4 is 0 Å². The summed E-state index contributed by atoms with van der Waals surface area (Å²) in [6.07, 6.45) is 7.63. The quantitative estimate of drug-likeness (QED) is 0.509. The number of carbonyl (C=O) groups is 1. The van der Waals surface area contributed by atoms with Crippen LogP contribution in [0, 0.1) is 12.8 Å². The summed E-state index contributed by atoms with van der Waals surface area (Å²) in [5, 5.41) is 8.40. The van der Waals surface area contributed by atoms with Gasteiger partial charge in [-0.25, -0.2) is 0 Å². The third-order valence-electron chi connectivity index (χ3n) is 7.19. The fourth-order valence-corrected chi connectivity index (χ4v) is 5.18. The minimum absolute atomic E-state index is 0.116. The van der Waals surface area contributed by atoms with Crippen LogP contribution in [0.1, 0.15) is 54.4 Å². The second kappa shape index (κ2) is 10.5. The van der Waals surface area contributed by atoms with Gasteiger partial charge in [0.15, 0.2) is 0 Å². The van der Waals surface area contributed by atoms with E-state index in [1.165, 1.54) is 45.3 Å². The Balaban J connectivity index is 1.17.